The van der Waals surface area contributed by atoms with E-state index in [9.17, 15) is 18.0 Å². The molecule has 1 amide bonds. The third-order valence-electron chi connectivity index (χ3n) is 5.75. The molecule has 1 aromatic heterocycles. The first-order valence-electron chi connectivity index (χ1n) is 10.5. The van der Waals surface area contributed by atoms with E-state index in [4.69, 9.17) is 14.6 Å². The van der Waals surface area contributed by atoms with E-state index in [0.717, 1.165) is 25.9 Å². The molecule has 3 heterocycles. The van der Waals surface area contributed by atoms with Gasteiger partial charge in [0.25, 0.3) is 5.91 Å². The highest BCUT2D eigenvalue weighted by molar-refractivity contribution is 5.92. The van der Waals surface area contributed by atoms with Crippen molar-refractivity contribution in [3.63, 3.8) is 0 Å². The summed E-state index contributed by atoms with van der Waals surface area (Å²) in [5.74, 6) is -2.69. The zero-order valence-corrected chi connectivity index (χ0v) is 18.0. The average molecular weight is 465 g/mol. The van der Waals surface area contributed by atoms with Crippen molar-refractivity contribution in [1.29, 1.82) is 0 Å². The van der Waals surface area contributed by atoms with Crippen molar-refractivity contribution < 1.29 is 32.6 Å². The molecule has 0 saturated carbocycles. The number of ether oxygens (including phenoxy) is 1. The number of nitrogens with one attached hydrogen (secondary N) is 1. The predicted molar refractivity (Wildman–Crippen MR) is 116 cm³/mol. The van der Waals surface area contributed by atoms with E-state index < -0.39 is 12.1 Å². The number of piperidine rings is 1. The number of amides is 1. The number of nitrogens with zero attached hydrogens (tertiary/aromatic N) is 2. The highest BCUT2D eigenvalue weighted by Crippen LogP contribution is 2.43. The molecule has 1 aromatic carbocycles. The van der Waals surface area contributed by atoms with Crippen LogP contribution in [0.15, 0.2) is 55.3 Å². The number of aromatic amines is 1. The van der Waals surface area contributed by atoms with Crippen LogP contribution in [0.1, 0.15) is 28.9 Å². The van der Waals surface area contributed by atoms with Crippen LogP contribution in [0.25, 0.3) is 0 Å². The molecule has 1 saturated heterocycles. The minimum absolute atomic E-state index is 0.0695. The second kappa shape index (κ2) is 10.1. The molecule has 178 valence electrons. The van der Waals surface area contributed by atoms with Gasteiger partial charge < -0.3 is 24.6 Å². The number of alkyl halides is 3. The van der Waals surface area contributed by atoms with E-state index in [1.54, 1.807) is 6.20 Å². The number of H-pyrrole nitrogens is 1. The van der Waals surface area contributed by atoms with Gasteiger partial charge in [0, 0.05) is 43.6 Å². The largest absolute Gasteiger partial charge is 0.490 e. The van der Waals surface area contributed by atoms with Gasteiger partial charge in [0.15, 0.2) is 0 Å². The highest BCUT2D eigenvalue weighted by Gasteiger charge is 2.42. The number of likely N-dealkylation sites (tertiary alicyclic amines) is 1. The summed E-state index contributed by atoms with van der Waals surface area (Å²) in [6.07, 6.45) is 0.278. The molecule has 2 N–H and O–H groups in total. The summed E-state index contributed by atoms with van der Waals surface area (Å²) in [5.41, 5.74) is 2.82. The smallest absolute Gasteiger partial charge is 0.475 e. The van der Waals surface area contributed by atoms with Crippen LogP contribution in [0, 0.1) is 0 Å². The monoisotopic (exact) mass is 465 g/mol. The van der Waals surface area contributed by atoms with Gasteiger partial charge in [-0.1, -0.05) is 24.3 Å². The van der Waals surface area contributed by atoms with Gasteiger partial charge >= 0.3 is 12.1 Å². The maximum atomic E-state index is 12.6. The quantitative estimate of drug-likeness (QED) is 0.674. The van der Waals surface area contributed by atoms with Crippen molar-refractivity contribution in [2.24, 2.45) is 0 Å². The molecule has 0 aliphatic carbocycles. The Labute approximate surface area is 189 Å². The van der Waals surface area contributed by atoms with E-state index in [2.05, 4.69) is 40.7 Å². The van der Waals surface area contributed by atoms with Gasteiger partial charge in [-0.2, -0.15) is 13.2 Å². The number of carboxylic acid groups (broad SMARTS) is 1. The van der Waals surface area contributed by atoms with E-state index in [1.807, 2.05) is 23.1 Å². The molecule has 0 atom stereocenters. The van der Waals surface area contributed by atoms with Crippen LogP contribution in [0.5, 0.6) is 0 Å². The third kappa shape index (κ3) is 5.57. The highest BCUT2D eigenvalue weighted by atomic mass is 19.4. The molecule has 0 unspecified atom stereocenters. The molecule has 0 bridgehead atoms. The number of carboxylic acids is 1. The summed E-state index contributed by atoms with van der Waals surface area (Å²) in [5, 5.41) is 7.12. The number of anilines is 1. The number of carbonyl (C=O) groups excluding carboxylic acids is 1. The van der Waals surface area contributed by atoms with Crippen molar-refractivity contribution in [3.8, 4) is 0 Å². The molecule has 1 spiro atoms. The lowest BCUT2D eigenvalue weighted by Gasteiger charge is -2.41. The van der Waals surface area contributed by atoms with Crippen LogP contribution in [-0.4, -0.2) is 65.8 Å². The number of hydrogen-bond donors (Lipinski definition) is 2. The Kier molecular flexibility index (Phi) is 7.47. The lowest BCUT2D eigenvalue weighted by atomic mass is 9.83. The van der Waals surface area contributed by atoms with Crippen LogP contribution in [0.2, 0.25) is 0 Å². The van der Waals surface area contributed by atoms with Gasteiger partial charge in [0.2, 0.25) is 0 Å². The predicted octanol–water partition coefficient (Wildman–Crippen LogP) is 3.80. The maximum Gasteiger partial charge on any atom is 0.490 e. The molecule has 33 heavy (non-hydrogen) atoms. The van der Waals surface area contributed by atoms with Crippen molar-refractivity contribution in [2.75, 3.05) is 37.7 Å². The van der Waals surface area contributed by atoms with Gasteiger partial charge in [-0.3, -0.25) is 4.79 Å². The Bertz CT molecular complexity index is 968. The minimum Gasteiger partial charge on any atom is -0.475 e. The Morgan fingerprint density at radius 1 is 1.15 bits per heavy atom. The lowest BCUT2D eigenvalue weighted by molar-refractivity contribution is -0.192. The molecule has 10 heteroatoms. The van der Waals surface area contributed by atoms with Gasteiger partial charge in [0.1, 0.15) is 5.69 Å². The third-order valence-corrected chi connectivity index (χ3v) is 5.75. The molecular weight excluding hydrogens is 439 g/mol. The summed E-state index contributed by atoms with van der Waals surface area (Å²) in [6, 6.07) is 12.2. The average Bonchev–Trinajstić information content (AvgIpc) is 3.29. The first-order valence-corrected chi connectivity index (χ1v) is 10.5. The number of halogens is 3. The van der Waals surface area contributed by atoms with Crippen LogP contribution in [-0.2, 0) is 15.1 Å². The molecule has 7 nitrogen and oxygen atoms in total. The van der Waals surface area contributed by atoms with Crippen LogP contribution in [0.4, 0.5) is 18.9 Å². The molecule has 2 aliphatic rings. The van der Waals surface area contributed by atoms with E-state index in [0.29, 0.717) is 25.4 Å². The van der Waals surface area contributed by atoms with Crippen molar-refractivity contribution in [2.45, 2.75) is 24.6 Å². The summed E-state index contributed by atoms with van der Waals surface area (Å²) in [6.45, 7) is 7.65. The Morgan fingerprint density at radius 2 is 1.82 bits per heavy atom. The summed E-state index contributed by atoms with van der Waals surface area (Å²) >= 11 is 0. The molecule has 2 aliphatic heterocycles. The Morgan fingerprint density at radius 3 is 2.39 bits per heavy atom. The molecule has 2 aromatic rings. The zero-order chi connectivity index (χ0) is 24.1. The number of aromatic nitrogens is 1. The number of hydrogen-bond acceptors (Lipinski definition) is 4. The Balaban J connectivity index is 0.000000383. The molecular formula is C23H26F3N3O4. The van der Waals surface area contributed by atoms with E-state index in [-0.39, 0.29) is 11.5 Å². The number of fused-ring (bicyclic) bond motifs is 2. The maximum absolute atomic E-state index is 12.6. The fourth-order valence-electron chi connectivity index (χ4n) is 4.15. The number of carbonyl (C=O) groups is 2. The van der Waals surface area contributed by atoms with Gasteiger partial charge in [-0.25, -0.2) is 4.79 Å². The fourth-order valence-corrected chi connectivity index (χ4v) is 4.15. The standard InChI is InChI=1S/C21H25N3O2.C2HF3O2/c1-2-12-23-15-16-26-21(17-6-3-4-8-19(17)23)9-13-24(14-10-21)20(25)18-7-5-11-22-18;3-2(4,5)1(6)7/h2-8,11,22H,1,9-10,12-16H2;(H,6,7). The van der Waals surface area contributed by atoms with Crippen molar-refractivity contribution in [3.05, 3.63) is 66.5 Å². The van der Waals surface area contributed by atoms with Crippen LogP contribution >= 0.6 is 0 Å². The van der Waals surface area contributed by atoms with Gasteiger partial charge in [0.05, 0.1) is 12.2 Å². The second-order valence-electron chi connectivity index (χ2n) is 7.77. The summed E-state index contributed by atoms with van der Waals surface area (Å²) < 4.78 is 38.2. The Hall–Kier alpha value is -3.27. The summed E-state index contributed by atoms with van der Waals surface area (Å²) in [4.78, 5) is 28.8. The first-order chi connectivity index (χ1) is 15.7. The van der Waals surface area contributed by atoms with E-state index in [1.165, 1.54) is 11.3 Å². The minimum atomic E-state index is -5.08. The van der Waals surface area contributed by atoms with Crippen LogP contribution in [0.3, 0.4) is 0 Å². The van der Waals surface area contributed by atoms with Crippen molar-refractivity contribution >= 4 is 17.6 Å². The molecule has 0 radical (unpaired) electrons. The SMILES string of the molecule is C=CCN1CCOC2(CCN(C(=O)c3ccc[nH]3)CC2)c2ccccc21.O=C(O)C(F)(F)F. The zero-order valence-electron chi connectivity index (χ0n) is 18.0. The number of rotatable bonds is 3. The molecule has 1 fully saturated rings. The molecule has 4 rings (SSSR count). The fraction of sp³-hybridized carbons (Fsp3) is 0.391. The number of benzene rings is 1. The van der Waals surface area contributed by atoms with E-state index >= 15 is 0 Å². The van der Waals surface area contributed by atoms with Gasteiger partial charge in [-0.05, 0) is 31.0 Å². The second-order valence-corrected chi connectivity index (χ2v) is 7.77. The topological polar surface area (TPSA) is 85.9 Å². The number of para-hydroxylation sites is 1. The van der Waals surface area contributed by atoms with Crippen LogP contribution < -0.4 is 4.90 Å². The normalized spacial score (nSPS) is 17.4. The lowest BCUT2D eigenvalue weighted by Crippen LogP contribution is -2.46. The van der Waals surface area contributed by atoms with Gasteiger partial charge in [-0.15, -0.1) is 6.58 Å². The summed E-state index contributed by atoms with van der Waals surface area (Å²) in [7, 11) is 0. The first kappa shape index (κ1) is 24.4. The van der Waals surface area contributed by atoms with Crippen molar-refractivity contribution in [1.82, 2.24) is 9.88 Å². The number of aliphatic carboxylic acids is 1.